The van der Waals surface area contributed by atoms with Crippen LogP contribution in [0, 0.1) is 5.92 Å². The van der Waals surface area contributed by atoms with Gasteiger partial charge in [0, 0.05) is 37.6 Å². The van der Waals surface area contributed by atoms with E-state index in [1.165, 1.54) is 17.7 Å². The molecule has 162 valence electrons. The Morgan fingerprint density at radius 2 is 2.14 bits per heavy atom. The van der Waals surface area contributed by atoms with Crippen LogP contribution in [-0.2, 0) is 10.0 Å². The number of hydrogen-bond donors (Lipinski definition) is 3. The summed E-state index contributed by atoms with van der Waals surface area (Å²) in [5.74, 6) is 1.43. The van der Waals surface area contributed by atoms with E-state index in [4.69, 9.17) is 0 Å². The first kappa shape index (κ1) is 25.6. The topological polar surface area (TPSA) is 85.8 Å². The van der Waals surface area contributed by atoms with Crippen molar-refractivity contribution in [3.05, 3.63) is 22.4 Å². The smallest absolute Gasteiger partial charge is 0.211 e. The van der Waals surface area contributed by atoms with Crippen LogP contribution in [0.3, 0.4) is 0 Å². The van der Waals surface area contributed by atoms with Gasteiger partial charge in [-0.3, -0.25) is 9.89 Å². The number of nitrogens with zero attached hydrogens (tertiary/aromatic N) is 2. The Kier molecular flexibility index (Phi) is 11.9. The van der Waals surface area contributed by atoms with Crippen LogP contribution in [0.5, 0.6) is 0 Å². The summed E-state index contributed by atoms with van der Waals surface area (Å²) in [5.41, 5.74) is 0. The Morgan fingerprint density at radius 1 is 1.36 bits per heavy atom. The molecule has 1 aliphatic rings. The fourth-order valence-electron chi connectivity index (χ4n) is 3.46. The molecule has 2 unspecified atom stereocenters. The number of thiophene rings is 1. The molecule has 2 heterocycles. The molecule has 1 fully saturated rings. The van der Waals surface area contributed by atoms with Crippen LogP contribution in [0.1, 0.15) is 37.1 Å². The van der Waals surface area contributed by atoms with Gasteiger partial charge < -0.3 is 10.6 Å². The van der Waals surface area contributed by atoms with Gasteiger partial charge in [0.1, 0.15) is 0 Å². The van der Waals surface area contributed by atoms with Gasteiger partial charge in [-0.25, -0.2) is 13.1 Å². The number of hydrogen-bond acceptors (Lipinski definition) is 5. The lowest BCUT2D eigenvalue weighted by molar-refractivity contribution is 0.125. The number of aliphatic imine (C=N–C) groups is 1. The van der Waals surface area contributed by atoms with Crippen LogP contribution in [0.4, 0.5) is 0 Å². The summed E-state index contributed by atoms with van der Waals surface area (Å²) in [6.07, 6.45) is 3.13. The molecule has 1 aliphatic heterocycles. The van der Waals surface area contributed by atoms with Crippen molar-refractivity contribution in [2.45, 2.75) is 32.2 Å². The zero-order valence-corrected chi connectivity index (χ0v) is 20.9. The molecule has 1 aromatic heterocycles. The molecular formula is C18H34IN5O2S2. The summed E-state index contributed by atoms with van der Waals surface area (Å²) in [4.78, 5) is 8.17. The summed E-state index contributed by atoms with van der Waals surface area (Å²) < 4.78 is 25.4. The maximum Gasteiger partial charge on any atom is 0.211 e. The number of nitrogens with one attached hydrogen (secondary N) is 3. The zero-order valence-electron chi connectivity index (χ0n) is 17.0. The minimum absolute atomic E-state index is 0. The summed E-state index contributed by atoms with van der Waals surface area (Å²) in [6, 6.07) is 4.81. The maximum atomic E-state index is 11.4. The van der Waals surface area contributed by atoms with E-state index in [0.717, 1.165) is 19.0 Å². The SMILES string of the molecule is CCS(=O)(=O)NCCCNC(=NC)NCC1CCCN(C)C1c1cccs1.I. The molecule has 28 heavy (non-hydrogen) atoms. The molecule has 3 N–H and O–H groups in total. The van der Waals surface area contributed by atoms with Crippen molar-refractivity contribution in [3.8, 4) is 0 Å². The third-order valence-corrected chi connectivity index (χ3v) is 7.29. The predicted molar refractivity (Wildman–Crippen MR) is 129 cm³/mol. The highest BCUT2D eigenvalue weighted by molar-refractivity contribution is 14.0. The second kappa shape index (κ2) is 13.0. The second-order valence-corrected chi connectivity index (χ2v) is 9.95. The average Bonchev–Trinajstić information content (AvgIpc) is 3.18. The molecule has 0 aromatic carbocycles. The van der Waals surface area contributed by atoms with Gasteiger partial charge in [-0.1, -0.05) is 6.07 Å². The van der Waals surface area contributed by atoms with Crippen molar-refractivity contribution >= 4 is 51.3 Å². The van der Waals surface area contributed by atoms with Gasteiger partial charge in [-0.2, -0.15) is 0 Å². The molecule has 0 bridgehead atoms. The van der Waals surface area contributed by atoms with Gasteiger partial charge in [-0.05, 0) is 57.1 Å². The first-order chi connectivity index (χ1) is 13.0. The molecule has 1 aromatic rings. The van der Waals surface area contributed by atoms with Crippen LogP contribution in [0.15, 0.2) is 22.5 Å². The Morgan fingerprint density at radius 3 is 2.79 bits per heavy atom. The van der Waals surface area contributed by atoms with Crippen molar-refractivity contribution in [1.29, 1.82) is 0 Å². The van der Waals surface area contributed by atoms with Crippen LogP contribution < -0.4 is 15.4 Å². The van der Waals surface area contributed by atoms with Crippen LogP contribution in [-0.4, -0.2) is 65.3 Å². The van der Waals surface area contributed by atoms with Gasteiger partial charge in [-0.15, -0.1) is 35.3 Å². The molecule has 7 nitrogen and oxygen atoms in total. The molecule has 0 amide bonds. The van der Waals surface area contributed by atoms with E-state index >= 15 is 0 Å². The van der Waals surface area contributed by atoms with Crippen LogP contribution in [0.2, 0.25) is 0 Å². The Labute approximate surface area is 190 Å². The molecule has 2 atom stereocenters. The standard InChI is InChI=1S/C18H33N5O2S2.HI/c1-4-27(24,25)22-11-7-10-20-18(19-2)21-14-15-8-5-12-23(3)17(15)16-9-6-13-26-16;/h6,9,13,15,17,22H,4-5,7-8,10-12,14H2,1-3H3,(H2,19,20,21);1H. The summed E-state index contributed by atoms with van der Waals surface area (Å²) in [5, 5.41) is 8.86. The summed E-state index contributed by atoms with van der Waals surface area (Å²) in [6.45, 7) is 4.76. The largest absolute Gasteiger partial charge is 0.356 e. The van der Waals surface area contributed by atoms with Crippen LogP contribution >= 0.6 is 35.3 Å². The van der Waals surface area contributed by atoms with E-state index in [9.17, 15) is 8.42 Å². The van der Waals surface area contributed by atoms with Gasteiger partial charge in [0.25, 0.3) is 0 Å². The first-order valence-corrected chi connectivity index (χ1v) is 12.2. The summed E-state index contributed by atoms with van der Waals surface area (Å²) >= 11 is 1.83. The maximum absolute atomic E-state index is 11.4. The number of rotatable bonds is 9. The predicted octanol–water partition coefficient (Wildman–Crippen LogP) is 2.24. The highest BCUT2D eigenvalue weighted by Crippen LogP contribution is 2.36. The minimum Gasteiger partial charge on any atom is -0.356 e. The van der Waals surface area contributed by atoms with Gasteiger partial charge in [0.05, 0.1) is 5.75 Å². The average molecular weight is 544 g/mol. The van der Waals surface area contributed by atoms with Gasteiger partial charge in [0.2, 0.25) is 10.0 Å². The number of halogens is 1. The van der Waals surface area contributed by atoms with Crippen molar-refractivity contribution in [2.75, 3.05) is 46.0 Å². The fraction of sp³-hybridized carbons (Fsp3) is 0.722. The molecule has 0 aliphatic carbocycles. The molecule has 0 saturated carbocycles. The van der Waals surface area contributed by atoms with Crippen molar-refractivity contribution < 1.29 is 8.42 Å². The lowest BCUT2D eigenvalue weighted by Crippen LogP contribution is -2.45. The first-order valence-electron chi connectivity index (χ1n) is 9.62. The van der Waals surface area contributed by atoms with Crippen molar-refractivity contribution in [1.82, 2.24) is 20.3 Å². The highest BCUT2D eigenvalue weighted by atomic mass is 127. The third kappa shape index (κ3) is 8.13. The Hall–Kier alpha value is -0.430. The Balaban J connectivity index is 0.00000392. The van der Waals surface area contributed by atoms with Crippen molar-refractivity contribution in [3.63, 3.8) is 0 Å². The number of sulfonamides is 1. The molecule has 2 rings (SSSR count). The Bertz CT molecular complexity index is 682. The van der Waals surface area contributed by atoms with E-state index in [1.807, 2.05) is 11.3 Å². The van der Waals surface area contributed by atoms with E-state index < -0.39 is 10.0 Å². The molecule has 0 radical (unpaired) electrons. The molecule has 1 saturated heterocycles. The second-order valence-electron chi connectivity index (χ2n) is 6.87. The van der Waals surface area contributed by atoms with Gasteiger partial charge in [0.15, 0.2) is 5.96 Å². The fourth-order valence-corrected chi connectivity index (χ4v) is 5.10. The molecular weight excluding hydrogens is 509 g/mol. The van der Waals surface area contributed by atoms with E-state index in [2.05, 4.69) is 49.8 Å². The zero-order chi connectivity index (χ0) is 19.7. The van der Waals surface area contributed by atoms with Crippen LogP contribution in [0.25, 0.3) is 0 Å². The highest BCUT2D eigenvalue weighted by Gasteiger charge is 2.31. The lowest BCUT2D eigenvalue weighted by atomic mass is 9.88. The van der Waals surface area contributed by atoms with E-state index in [-0.39, 0.29) is 29.7 Å². The quantitative estimate of drug-likeness (QED) is 0.193. The summed E-state index contributed by atoms with van der Waals surface area (Å²) in [7, 11) is 0.861. The van der Waals surface area contributed by atoms with E-state index in [0.29, 0.717) is 31.5 Å². The molecule has 0 spiro atoms. The minimum atomic E-state index is -3.11. The normalized spacial score (nSPS) is 21.2. The number of guanidine groups is 1. The lowest BCUT2D eigenvalue weighted by Gasteiger charge is -2.39. The van der Waals surface area contributed by atoms with Gasteiger partial charge >= 0.3 is 0 Å². The number of piperidine rings is 1. The number of likely N-dealkylation sites (tertiary alicyclic amines) is 1. The van der Waals surface area contributed by atoms with E-state index in [1.54, 1.807) is 14.0 Å². The third-order valence-electron chi connectivity index (χ3n) is 4.95. The monoisotopic (exact) mass is 543 g/mol. The molecule has 10 heteroatoms. The van der Waals surface area contributed by atoms with Crippen molar-refractivity contribution in [2.24, 2.45) is 10.9 Å².